The number of phenols is 1. The van der Waals surface area contributed by atoms with E-state index in [0.717, 1.165) is 36.8 Å². The predicted molar refractivity (Wildman–Crippen MR) is 112 cm³/mol. The number of benzene rings is 1. The van der Waals surface area contributed by atoms with Crippen molar-refractivity contribution in [3.05, 3.63) is 29.3 Å². The number of amides is 2. The molecule has 0 radical (unpaired) electrons. The molecule has 1 heterocycles. The van der Waals surface area contributed by atoms with E-state index in [9.17, 15) is 14.7 Å². The van der Waals surface area contributed by atoms with Gasteiger partial charge in [-0.25, -0.2) is 4.79 Å². The predicted octanol–water partition coefficient (Wildman–Crippen LogP) is 4.13. The highest BCUT2D eigenvalue weighted by Gasteiger charge is 2.32. The maximum Gasteiger partial charge on any atom is 0.410 e. The number of nitrogens with one attached hydrogen (secondary N) is 1. The molecule has 1 saturated carbocycles. The Morgan fingerprint density at radius 3 is 2.45 bits per heavy atom. The summed E-state index contributed by atoms with van der Waals surface area (Å²) in [7, 11) is 0. The highest BCUT2D eigenvalue weighted by molar-refractivity contribution is 5.79. The van der Waals surface area contributed by atoms with E-state index in [0.29, 0.717) is 37.9 Å². The summed E-state index contributed by atoms with van der Waals surface area (Å²) in [6.45, 7) is 7.94. The lowest BCUT2D eigenvalue weighted by Crippen LogP contribution is -2.44. The highest BCUT2D eigenvalue weighted by Crippen LogP contribution is 2.36. The van der Waals surface area contributed by atoms with Crippen LogP contribution in [0.1, 0.15) is 63.5 Å². The summed E-state index contributed by atoms with van der Waals surface area (Å²) < 4.78 is 5.71. The zero-order valence-corrected chi connectivity index (χ0v) is 17.9. The number of ether oxygens (including phenoxy) is 1. The average molecular weight is 403 g/mol. The molecule has 0 bridgehead atoms. The molecule has 3 rings (SSSR count). The number of carbonyl (C=O) groups is 2. The SMILES string of the molecule is Cc1cc(CNC(=O)C2CCN(C(=O)OC3CCC(C)(C)CC3)CC2)ccc1O. The first-order valence-corrected chi connectivity index (χ1v) is 10.8. The number of phenolic OH excluding ortho intramolecular Hbond substituents is 1. The Labute approximate surface area is 173 Å². The number of hydrogen-bond acceptors (Lipinski definition) is 4. The summed E-state index contributed by atoms with van der Waals surface area (Å²) in [6, 6.07) is 5.34. The molecular formula is C23H34N2O4. The summed E-state index contributed by atoms with van der Waals surface area (Å²) in [6.07, 6.45) is 5.18. The van der Waals surface area contributed by atoms with E-state index in [-0.39, 0.29) is 29.8 Å². The molecule has 2 aliphatic rings. The fourth-order valence-corrected chi connectivity index (χ4v) is 4.19. The molecule has 1 aromatic rings. The minimum Gasteiger partial charge on any atom is -0.508 e. The second kappa shape index (κ2) is 9.06. The molecule has 1 aliphatic carbocycles. The molecule has 2 fully saturated rings. The fourth-order valence-electron chi connectivity index (χ4n) is 4.19. The van der Waals surface area contributed by atoms with Crippen LogP contribution in [0.25, 0.3) is 0 Å². The molecule has 2 N–H and O–H groups in total. The molecule has 29 heavy (non-hydrogen) atoms. The summed E-state index contributed by atoms with van der Waals surface area (Å²) >= 11 is 0. The van der Waals surface area contributed by atoms with Crippen LogP contribution in [0.3, 0.4) is 0 Å². The lowest BCUT2D eigenvalue weighted by molar-refractivity contribution is -0.126. The Kier molecular flexibility index (Phi) is 6.70. The standard InChI is InChI=1S/C23H34N2O4/c1-16-14-17(4-5-20(16)26)15-24-21(27)18-8-12-25(13-9-18)22(28)29-19-6-10-23(2,3)11-7-19/h4-5,14,18-19,26H,6-13,15H2,1-3H3,(H,24,27). The first-order valence-electron chi connectivity index (χ1n) is 10.8. The van der Waals surface area contributed by atoms with Gasteiger partial charge < -0.3 is 20.1 Å². The third-order valence-corrected chi connectivity index (χ3v) is 6.41. The summed E-state index contributed by atoms with van der Waals surface area (Å²) in [5.74, 6) is 0.210. The van der Waals surface area contributed by atoms with Gasteiger partial charge in [0.2, 0.25) is 5.91 Å². The normalized spacial score (nSPS) is 20.3. The minimum atomic E-state index is -0.229. The molecule has 6 nitrogen and oxygen atoms in total. The first kappa shape index (κ1) is 21.5. The minimum absolute atomic E-state index is 0.0262. The van der Waals surface area contributed by atoms with Crippen molar-refractivity contribution in [3.63, 3.8) is 0 Å². The zero-order chi connectivity index (χ0) is 21.0. The molecule has 2 amide bonds. The zero-order valence-electron chi connectivity index (χ0n) is 17.9. The lowest BCUT2D eigenvalue weighted by Gasteiger charge is -2.36. The van der Waals surface area contributed by atoms with Gasteiger partial charge in [0.1, 0.15) is 11.9 Å². The summed E-state index contributed by atoms with van der Waals surface area (Å²) in [5, 5.41) is 12.6. The maximum absolute atomic E-state index is 12.5. The average Bonchev–Trinajstić information content (AvgIpc) is 2.70. The van der Waals surface area contributed by atoms with Crippen molar-refractivity contribution in [1.82, 2.24) is 10.2 Å². The van der Waals surface area contributed by atoms with Crippen molar-refractivity contribution in [3.8, 4) is 5.75 Å². The molecule has 0 atom stereocenters. The number of nitrogens with zero attached hydrogens (tertiary/aromatic N) is 1. The molecule has 0 unspecified atom stereocenters. The smallest absolute Gasteiger partial charge is 0.410 e. The molecule has 6 heteroatoms. The quantitative estimate of drug-likeness (QED) is 0.794. The number of likely N-dealkylation sites (tertiary alicyclic amines) is 1. The third kappa shape index (κ3) is 5.87. The monoisotopic (exact) mass is 402 g/mol. The van der Waals surface area contributed by atoms with Crippen molar-refractivity contribution in [2.75, 3.05) is 13.1 Å². The summed E-state index contributed by atoms with van der Waals surface area (Å²) in [5.41, 5.74) is 2.11. The van der Waals surface area contributed by atoms with Gasteiger partial charge in [-0.05, 0) is 68.1 Å². The molecule has 1 saturated heterocycles. The van der Waals surface area contributed by atoms with E-state index >= 15 is 0 Å². The number of hydrogen-bond donors (Lipinski definition) is 2. The van der Waals surface area contributed by atoms with Crippen LogP contribution < -0.4 is 5.32 Å². The van der Waals surface area contributed by atoms with Crippen molar-refractivity contribution in [2.45, 2.75) is 71.9 Å². The first-order chi connectivity index (χ1) is 13.7. The number of aromatic hydroxyl groups is 1. The van der Waals surface area contributed by atoms with Crippen molar-refractivity contribution < 1.29 is 19.4 Å². The molecule has 0 spiro atoms. The Bertz CT molecular complexity index is 728. The Hall–Kier alpha value is -2.24. The van der Waals surface area contributed by atoms with Gasteiger partial charge in [-0.15, -0.1) is 0 Å². The van der Waals surface area contributed by atoms with Gasteiger partial charge in [0.05, 0.1) is 0 Å². The van der Waals surface area contributed by atoms with Crippen LogP contribution >= 0.6 is 0 Å². The topological polar surface area (TPSA) is 78.9 Å². The van der Waals surface area contributed by atoms with Crippen LogP contribution in [0.4, 0.5) is 4.79 Å². The van der Waals surface area contributed by atoms with E-state index in [1.54, 1.807) is 11.0 Å². The van der Waals surface area contributed by atoms with E-state index in [2.05, 4.69) is 19.2 Å². The molecular weight excluding hydrogens is 368 g/mol. The van der Waals surface area contributed by atoms with Gasteiger partial charge >= 0.3 is 6.09 Å². The highest BCUT2D eigenvalue weighted by atomic mass is 16.6. The Morgan fingerprint density at radius 2 is 1.83 bits per heavy atom. The van der Waals surface area contributed by atoms with E-state index in [1.165, 1.54) is 0 Å². The second-order valence-electron chi connectivity index (χ2n) is 9.35. The lowest BCUT2D eigenvalue weighted by atomic mass is 9.76. The fraction of sp³-hybridized carbons (Fsp3) is 0.652. The van der Waals surface area contributed by atoms with Crippen LogP contribution in [0, 0.1) is 18.3 Å². The van der Waals surface area contributed by atoms with Crippen LogP contribution in [-0.2, 0) is 16.1 Å². The Morgan fingerprint density at radius 1 is 1.17 bits per heavy atom. The number of carbonyl (C=O) groups excluding carboxylic acids is 2. The molecule has 160 valence electrons. The van der Waals surface area contributed by atoms with Gasteiger partial charge in [-0.2, -0.15) is 0 Å². The Balaban J connectivity index is 1.39. The van der Waals surface area contributed by atoms with Gasteiger partial charge in [0, 0.05) is 25.6 Å². The van der Waals surface area contributed by atoms with Crippen molar-refractivity contribution in [2.24, 2.45) is 11.3 Å². The van der Waals surface area contributed by atoms with Gasteiger partial charge in [-0.3, -0.25) is 4.79 Å². The van der Waals surface area contributed by atoms with E-state index in [1.807, 2.05) is 19.1 Å². The van der Waals surface area contributed by atoms with Gasteiger partial charge in [0.25, 0.3) is 0 Å². The molecule has 0 aromatic heterocycles. The van der Waals surface area contributed by atoms with Crippen LogP contribution in [-0.4, -0.2) is 41.2 Å². The number of piperidine rings is 1. The third-order valence-electron chi connectivity index (χ3n) is 6.41. The second-order valence-corrected chi connectivity index (χ2v) is 9.35. The summed E-state index contributed by atoms with van der Waals surface area (Å²) in [4.78, 5) is 26.7. The van der Waals surface area contributed by atoms with Crippen molar-refractivity contribution in [1.29, 1.82) is 0 Å². The maximum atomic E-state index is 12.5. The molecule has 1 aromatic carbocycles. The largest absolute Gasteiger partial charge is 0.508 e. The van der Waals surface area contributed by atoms with E-state index in [4.69, 9.17) is 4.74 Å². The van der Waals surface area contributed by atoms with Crippen LogP contribution in [0.5, 0.6) is 5.75 Å². The van der Waals surface area contributed by atoms with Crippen molar-refractivity contribution >= 4 is 12.0 Å². The van der Waals surface area contributed by atoms with Crippen LogP contribution in [0.2, 0.25) is 0 Å². The number of rotatable bonds is 4. The van der Waals surface area contributed by atoms with Gasteiger partial charge in [0.15, 0.2) is 0 Å². The number of aryl methyl sites for hydroxylation is 1. The van der Waals surface area contributed by atoms with E-state index < -0.39 is 0 Å². The molecule has 1 aliphatic heterocycles. The van der Waals surface area contributed by atoms with Gasteiger partial charge in [-0.1, -0.05) is 26.0 Å². The van der Waals surface area contributed by atoms with Crippen LogP contribution in [0.15, 0.2) is 18.2 Å².